The predicted molar refractivity (Wildman–Crippen MR) is 59.2 cm³/mol. The van der Waals surface area contributed by atoms with Crippen LogP contribution in [-0.2, 0) is 9.59 Å². The standard InChI is InChI=1S/C11H19N3O2/c12-9-2-1-7(5-9)11(16)14-4-3-8(6-14)10(13)15/h7-9H,1-6,12H2,(H2,13,15). The molecule has 1 saturated heterocycles. The summed E-state index contributed by atoms with van der Waals surface area (Å²) in [5.74, 6) is -0.212. The number of primary amides is 1. The van der Waals surface area contributed by atoms with Gasteiger partial charge in [0.25, 0.3) is 0 Å². The summed E-state index contributed by atoms with van der Waals surface area (Å²) in [6, 6.07) is 0.170. The third-order valence-corrected chi connectivity index (χ3v) is 3.72. The molecule has 2 amide bonds. The van der Waals surface area contributed by atoms with Gasteiger partial charge in [-0.25, -0.2) is 0 Å². The topological polar surface area (TPSA) is 89.4 Å². The minimum atomic E-state index is -0.293. The van der Waals surface area contributed by atoms with Crippen LogP contribution in [0.3, 0.4) is 0 Å². The normalized spacial score (nSPS) is 34.3. The van der Waals surface area contributed by atoms with Gasteiger partial charge in [0.1, 0.15) is 0 Å². The maximum Gasteiger partial charge on any atom is 0.225 e. The monoisotopic (exact) mass is 225 g/mol. The van der Waals surface area contributed by atoms with Crippen molar-refractivity contribution < 1.29 is 9.59 Å². The van der Waals surface area contributed by atoms with Gasteiger partial charge in [-0.2, -0.15) is 0 Å². The number of nitrogens with zero attached hydrogens (tertiary/aromatic N) is 1. The molecule has 3 unspecified atom stereocenters. The third-order valence-electron chi connectivity index (χ3n) is 3.72. The molecule has 0 aromatic rings. The van der Waals surface area contributed by atoms with Crippen LogP contribution in [0.15, 0.2) is 0 Å². The molecule has 0 radical (unpaired) electrons. The lowest BCUT2D eigenvalue weighted by atomic mass is 10.1. The maximum absolute atomic E-state index is 12.1. The molecule has 0 bridgehead atoms. The van der Waals surface area contributed by atoms with Crippen molar-refractivity contribution in [3.63, 3.8) is 0 Å². The van der Waals surface area contributed by atoms with E-state index in [2.05, 4.69) is 0 Å². The highest BCUT2D eigenvalue weighted by Crippen LogP contribution is 2.28. The summed E-state index contributed by atoms with van der Waals surface area (Å²) < 4.78 is 0. The summed E-state index contributed by atoms with van der Waals surface area (Å²) in [6.07, 6.45) is 3.32. The van der Waals surface area contributed by atoms with Gasteiger partial charge in [0, 0.05) is 25.0 Å². The predicted octanol–water partition coefficient (Wildman–Crippen LogP) is -0.552. The molecule has 3 atom stereocenters. The second-order valence-corrected chi connectivity index (χ2v) is 4.94. The lowest BCUT2D eigenvalue weighted by Crippen LogP contribution is -2.35. The Balaban J connectivity index is 1.89. The van der Waals surface area contributed by atoms with Gasteiger partial charge >= 0.3 is 0 Å². The molecule has 16 heavy (non-hydrogen) atoms. The molecule has 0 spiro atoms. The molecule has 90 valence electrons. The summed E-state index contributed by atoms with van der Waals surface area (Å²) >= 11 is 0. The van der Waals surface area contributed by atoms with Crippen molar-refractivity contribution in [3.8, 4) is 0 Å². The Labute approximate surface area is 95.1 Å². The van der Waals surface area contributed by atoms with Crippen molar-refractivity contribution in [2.24, 2.45) is 23.3 Å². The summed E-state index contributed by atoms with van der Waals surface area (Å²) in [5.41, 5.74) is 11.0. The number of rotatable bonds is 2. The molecule has 1 aliphatic heterocycles. The SMILES string of the molecule is NC(=O)C1CCN(C(=O)C2CCC(N)C2)C1. The van der Waals surface area contributed by atoms with Gasteiger partial charge in [0.15, 0.2) is 0 Å². The van der Waals surface area contributed by atoms with Crippen LogP contribution in [0.2, 0.25) is 0 Å². The second-order valence-electron chi connectivity index (χ2n) is 4.94. The van der Waals surface area contributed by atoms with E-state index in [9.17, 15) is 9.59 Å². The van der Waals surface area contributed by atoms with Crippen LogP contribution in [0.1, 0.15) is 25.7 Å². The summed E-state index contributed by atoms with van der Waals surface area (Å²) in [6.45, 7) is 1.16. The van der Waals surface area contributed by atoms with Crippen molar-refractivity contribution in [3.05, 3.63) is 0 Å². The first-order chi connectivity index (χ1) is 7.58. The molecule has 2 fully saturated rings. The van der Waals surface area contributed by atoms with E-state index in [4.69, 9.17) is 11.5 Å². The lowest BCUT2D eigenvalue weighted by molar-refractivity contribution is -0.134. The quantitative estimate of drug-likeness (QED) is 0.660. The Hall–Kier alpha value is -1.10. The molecule has 0 aromatic heterocycles. The largest absolute Gasteiger partial charge is 0.369 e. The van der Waals surface area contributed by atoms with Crippen LogP contribution in [0.4, 0.5) is 0 Å². The minimum absolute atomic E-state index is 0.0710. The Morgan fingerprint density at radius 3 is 2.38 bits per heavy atom. The second kappa shape index (κ2) is 4.41. The Morgan fingerprint density at radius 2 is 1.88 bits per heavy atom. The number of hydrogen-bond acceptors (Lipinski definition) is 3. The smallest absolute Gasteiger partial charge is 0.225 e. The number of carbonyl (C=O) groups is 2. The van der Waals surface area contributed by atoms with Gasteiger partial charge in [-0.3, -0.25) is 9.59 Å². The number of likely N-dealkylation sites (tertiary alicyclic amines) is 1. The molecule has 0 aromatic carbocycles. The molecule has 4 N–H and O–H groups in total. The summed E-state index contributed by atoms with van der Waals surface area (Å²) in [4.78, 5) is 24.9. The average molecular weight is 225 g/mol. The molecule has 2 rings (SSSR count). The van der Waals surface area contributed by atoms with E-state index in [0.717, 1.165) is 19.3 Å². The fourth-order valence-electron chi connectivity index (χ4n) is 2.69. The van der Waals surface area contributed by atoms with Crippen LogP contribution in [0.5, 0.6) is 0 Å². The Morgan fingerprint density at radius 1 is 1.12 bits per heavy atom. The zero-order chi connectivity index (χ0) is 11.7. The van der Waals surface area contributed by atoms with Crippen LogP contribution < -0.4 is 11.5 Å². The number of hydrogen-bond donors (Lipinski definition) is 2. The number of amides is 2. The van der Waals surface area contributed by atoms with Crippen LogP contribution in [0.25, 0.3) is 0 Å². The van der Waals surface area contributed by atoms with Crippen LogP contribution >= 0.6 is 0 Å². The molecular weight excluding hydrogens is 206 g/mol. The summed E-state index contributed by atoms with van der Waals surface area (Å²) in [5, 5.41) is 0. The lowest BCUT2D eigenvalue weighted by Gasteiger charge is -2.20. The van der Waals surface area contributed by atoms with Gasteiger partial charge in [-0.15, -0.1) is 0 Å². The van der Waals surface area contributed by atoms with Crippen molar-refractivity contribution in [1.82, 2.24) is 4.90 Å². The maximum atomic E-state index is 12.1. The Bertz CT molecular complexity index is 306. The highest BCUT2D eigenvalue weighted by molar-refractivity contribution is 5.82. The van der Waals surface area contributed by atoms with Gasteiger partial charge in [-0.1, -0.05) is 0 Å². The van der Waals surface area contributed by atoms with E-state index in [1.165, 1.54) is 0 Å². The first kappa shape index (κ1) is 11.4. The van der Waals surface area contributed by atoms with E-state index in [0.29, 0.717) is 19.5 Å². The molecule has 2 aliphatic rings. The van der Waals surface area contributed by atoms with Crippen LogP contribution in [0, 0.1) is 11.8 Å². The highest BCUT2D eigenvalue weighted by atomic mass is 16.2. The van der Waals surface area contributed by atoms with Crippen molar-refractivity contribution in [2.75, 3.05) is 13.1 Å². The average Bonchev–Trinajstić information content (AvgIpc) is 2.84. The van der Waals surface area contributed by atoms with Crippen molar-refractivity contribution in [1.29, 1.82) is 0 Å². The van der Waals surface area contributed by atoms with E-state index in [1.54, 1.807) is 4.90 Å². The van der Waals surface area contributed by atoms with Gasteiger partial charge < -0.3 is 16.4 Å². The van der Waals surface area contributed by atoms with E-state index < -0.39 is 0 Å². The fourth-order valence-corrected chi connectivity index (χ4v) is 2.69. The van der Waals surface area contributed by atoms with E-state index in [-0.39, 0.29) is 29.7 Å². The first-order valence-corrected chi connectivity index (χ1v) is 5.91. The molecule has 5 nitrogen and oxygen atoms in total. The fraction of sp³-hybridized carbons (Fsp3) is 0.818. The van der Waals surface area contributed by atoms with Crippen LogP contribution in [-0.4, -0.2) is 35.8 Å². The van der Waals surface area contributed by atoms with E-state index in [1.807, 2.05) is 0 Å². The Kier molecular flexibility index (Phi) is 3.14. The molecule has 1 saturated carbocycles. The molecule has 5 heteroatoms. The van der Waals surface area contributed by atoms with Crippen molar-refractivity contribution in [2.45, 2.75) is 31.7 Å². The number of carbonyl (C=O) groups excluding carboxylic acids is 2. The summed E-state index contributed by atoms with van der Waals surface area (Å²) in [7, 11) is 0. The van der Waals surface area contributed by atoms with Crippen molar-refractivity contribution >= 4 is 11.8 Å². The van der Waals surface area contributed by atoms with Gasteiger partial charge in [0.05, 0.1) is 5.92 Å². The third kappa shape index (κ3) is 2.19. The minimum Gasteiger partial charge on any atom is -0.369 e. The molecule has 1 aliphatic carbocycles. The number of nitrogens with two attached hydrogens (primary N) is 2. The molecule has 1 heterocycles. The molecular formula is C11H19N3O2. The van der Waals surface area contributed by atoms with Gasteiger partial charge in [0.2, 0.25) is 11.8 Å². The zero-order valence-electron chi connectivity index (χ0n) is 9.39. The van der Waals surface area contributed by atoms with E-state index >= 15 is 0 Å². The zero-order valence-corrected chi connectivity index (χ0v) is 9.39. The first-order valence-electron chi connectivity index (χ1n) is 5.91. The van der Waals surface area contributed by atoms with Gasteiger partial charge in [-0.05, 0) is 25.7 Å². The highest BCUT2D eigenvalue weighted by Gasteiger charge is 2.35.